The van der Waals surface area contributed by atoms with Crippen LogP contribution >= 0.6 is 0 Å². The maximum atomic E-state index is 13.9. The second kappa shape index (κ2) is 7.54. The molecule has 8 aliphatic carbocycles. The van der Waals surface area contributed by atoms with Gasteiger partial charge in [-0.15, -0.1) is 0 Å². The smallest absolute Gasteiger partial charge is 0.329 e. The van der Waals surface area contributed by atoms with E-state index in [1.54, 1.807) is 4.90 Å². The third kappa shape index (κ3) is 3.33. The molecule has 0 aromatic heterocycles. The fourth-order valence-electron chi connectivity index (χ4n) is 10.8. The number of aliphatic hydroxyl groups is 1. The first-order chi connectivity index (χ1) is 16.3. The van der Waals surface area contributed by atoms with Gasteiger partial charge in [-0.2, -0.15) is 0 Å². The fraction of sp³-hybridized carbons (Fsp3) is 0.893. The summed E-state index contributed by atoms with van der Waals surface area (Å²) >= 11 is 0. The number of nitrogens with zero attached hydrogens (tertiary/aromatic N) is 1. The lowest BCUT2D eigenvalue weighted by Gasteiger charge is -2.56. The number of hydrogen-bond acceptors (Lipinski definition) is 5. The predicted octanol–water partition coefficient (Wildman–Crippen LogP) is 3.49. The second-order valence-corrected chi connectivity index (χ2v) is 13.8. The normalized spacial score (nSPS) is 50.1. The summed E-state index contributed by atoms with van der Waals surface area (Å²) in [6.45, 7) is 0.0419. The molecule has 0 aromatic rings. The van der Waals surface area contributed by atoms with Gasteiger partial charge in [-0.3, -0.25) is 9.59 Å². The van der Waals surface area contributed by atoms with E-state index in [1.165, 1.54) is 38.5 Å². The molecule has 1 unspecified atom stereocenters. The summed E-state index contributed by atoms with van der Waals surface area (Å²) in [7, 11) is 0. The molecule has 186 valence electrons. The zero-order chi connectivity index (χ0) is 23.2. The van der Waals surface area contributed by atoms with Crippen molar-refractivity contribution in [2.75, 3.05) is 13.2 Å². The van der Waals surface area contributed by atoms with Crippen molar-refractivity contribution < 1.29 is 24.2 Å². The molecule has 1 saturated heterocycles. The van der Waals surface area contributed by atoms with Gasteiger partial charge in [-0.25, -0.2) is 4.79 Å². The van der Waals surface area contributed by atoms with Crippen molar-refractivity contribution in [3.63, 3.8) is 0 Å². The van der Waals surface area contributed by atoms with Crippen LogP contribution < -0.4 is 0 Å². The highest BCUT2D eigenvalue weighted by atomic mass is 16.5. The first kappa shape index (κ1) is 21.8. The van der Waals surface area contributed by atoms with Gasteiger partial charge in [0.1, 0.15) is 6.04 Å². The lowest BCUT2D eigenvalue weighted by molar-refractivity contribution is -0.168. The molecular weight excluding hydrogens is 430 g/mol. The average molecular weight is 470 g/mol. The Morgan fingerprint density at radius 3 is 1.62 bits per heavy atom. The summed E-state index contributed by atoms with van der Waals surface area (Å²) in [5.41, 5.74) is -0.620. The highest BCUT2D eigenvalue weighted by Gasteiger charge is 2.58. The molecule has 6 nitrogen and oxygen atoms in total. The topological polar surface area (TPSA) is 83.9 Å². The summed E-state index contributed by atoms with van der Waals surface area (Å²) in [4.78, 5) is 42.0. The van der Waals surface area contributed by atoms with Crippen molar-refractivity contribution in [2.24, 2.45) is 46.3 Å². The molecule has 1 amide bonds. The van der Waals surface area contributed by atoms with Crippen molar-refractivity contribution >= 4 is 17.7 Å². The van der Waals surface area contributed by atoms with Gasteiger partial charge in [0.2, 0.25) is 5.91 Å². The van der Waals surface area contributed by atoms with E-state index in [1.807, 2.05) is 0 Å². The summed E-state index contributed by atoms with van der Waals surface area (Å²) in [6, 6.07) is -0.750. The molecule has 8 bridgehead atoms. The Hall–Kier alpha value is -1.43. The van der Waals surface area contributed by atoms with Gasteiger partial charge in [0, 0.05) is 18.4 Å². The van der Waals surface area contributed by atoms with Crippen LogP contribution in [0.2, 0.25) is 0 Å². The van der Waals surface area contributed by atoms with Crippen LogP contribution in [-0.4, -0.2) is 53.0 Å². The molecule has 1 N–H and O–H groups in total. The Bertz CT molecular complexity index is 840. The SMILES string of the molecule is O=C(OCC(=O)C12CC3CC(CC(C3)C1)C2)[C@@H]1CC(O)CN1C(=O)C12CC3CC(CC(C3)C1)C2. The summed E-state index contributed by atoms with van der Waals surface area (Å²) in [5, 5.41) is 10.4. The zero-order valence-electron chi connectivity index (χ0n) is 20.3. The Morgan fingerprint density at radius 2 is 1.15 bits per heavy atom. The number of likely N-dealkylation sites (tertiary alicyclic amines) is 1. The standard InChI is InChI=1S/C28H39NO5/c30-22-7-23(29(14-22)26(33)28-11-19-4-20(12-28)6-21(5-19)13-28)25(32)34-15-24(31)27-8-16-1-17(9-27)3-18(2-16)10-27/h16-23,30H,1-15H2/t16?,17?,18?,19?,20?,21?,22?,23-,27?,28?/m0/s1. The van der Waals surface area contributed by atoms with Crippen LogP contribution in [0.3, 0.4) is 0 Å². The molecular formula is C28H39NO5. The number of carbonyl (C=O) groups is 3. The molecule has 8 saturated carbocycles. The van der Waals surface area contributed by atoms with Gasteiger partial charge in [0.15, 0.2) is 12.4 Å². The van der Waals surface area contributed by atoms with Crippen LogP contribution in [0.1, 0.15) is 83.5 Å². The number of aliphatic hydroxyl groups excluding tert-OH is 1. The quantitative estimate of drug-likeness (QED) is 0.623. The minimum absolute atomic E-state index is 0.0671. The van der Waals surface area contributed by atoms with Gasteiger partial charge in [-0.05, 0) is 113 Å². The third-order valence-electron chi connectivity index (χ3n) is 11.3. The van der Waals surface area contributed by atoms with Crippen LogP contribution in [0.25, 0.3) is 0 Å². The molecule has 9 aliphatic rings. The Labute approximate surface area is 202 Å². The monoisotopic (exact) mass is 469 g/mol. The van der Waals surface area contributed by atoms with Gasteiger partial charge < -0.3 is 14.7 Å². The summed E-state index contributed by atoms with van der Waals surface area (Å²) in [5.74, 6) is 3.61. The van der Waals surface area contributed by atoms with E-state index in [2.05, 4.69) is 0 Å². The molecule has 34 heavy (non-hydrogen) atoms. The molecule has 1 heterocycles. The number of amides is 1. The molecule has 1 aliphatic heterocycles. The zero-order valence-corrected chi connectivity index (χ0v) is 20.3. The number of esters is 1. The predicted molar refractivity (Wildman–Crippen MR) is 123 cm³/mol. The van der Waals surface area contributed by atoms with E-state index >= 15 is 0 Å². The van der Waals surface area contributed by atoms with Crippen molar-refractivity contribution in [3.05, 3.63) is 0 Å². The summed E-state index contributed by atoms with van der Waals surface area (Å²) in [6.07, 6.45) is 12.8. The molecule has 9 rings (SSSR count). The molecule has 0 aromatic carbocycles. The van der Waals surface area contributed by atoms with E-state index in [0.29, 0.717) is 35.5 Å². The molecule has 9 fully saturated rings. The minimum Gasteiger partial charge on any atom is -0.456 e. The number of rotatable bonds is 5. The Morgan fingerprint density at radius 1 is 0.706 bits per heavy atom. The van der Waals surface area contributed by atoms with Gasteiger partial charge in [-0.1, -0.05) is 0 Å². The molecule has 2 atom stereocenters. The molecule has 6 heteroatoms. The number of carbonyl (C=O) groups excluding carboxylic acids is 3. The average Bonchev–Trinajstić information content (AvgIpc) is 3.16. The van der Waals surface area contributed by atoms with E-state index in [9.17, 15) is 19.5 Å². The van der Waals surface area contributed by atoms with E-state index in [0.717, 1.165) is 38.5 Å². The van der Waals surface area contributed by atoms with Gasteiger partial charge in [0.05, 0.1) is 11.5 Å². The van der Waals surface area contributed by atoms with Crippen molar-refractivity contribution in [3.8, 4) is 0 Å². The lowest BCUT2D eigenvalue weighted by atomic mass is 9.48. The highest BCUT2D eigenvalue weighted by Crippen LogP contribution is 2.61. The number of hydrogen-bond donors (Lipinski definition) is 1. The largest absolute Gasteiger partial charge is 0.456 e. The van der Waals surface area contributed by atoms with Crippen molar-refractivity contribution in [1.82, 2.24) is 4.90 Å². The maximum absolute atomic E-state index is 13.9. The van der Waals surface area contributed by atoms with Crippen LogP contribution in [0.15, 0.2) is 0 Å². The summed E-state index contributed by atoms with van der Waals surface area (Å²) < 4.78 is 5.63. The highest BCUT2D eigenvalue weighted by molar-refractivity contribution is 5.91. The van der Waals surface area contributed by atoms with Crippen LogP contribution in [0.5, 0.6) is 0 Å². The minimum atomic E-state index is -0.750. The first-order valence-corrected chi connectivity index (χ1v) is 14.0. The molecule has 0 radical (unpaired) electrons. The van der Waals surface area contributed by atoms with E-state index < -0.39 is 18.1 Å². The van der Waals surface area contributed by atoms with Gasteiger partial charge in [0.25, 0.3) is 0 Å². The number of ketones is 1. The van der Waals surface area contributed by atoms with Crippen LogP contribution in [-0.2, 0) is 19.1 Å². The second-order valence-electron chi connectivity index (χ2n) is 13.8. The van der Waals surface area contributed by atoms with Crippen molar-refractivity contribution in [2.45, 2.75) is 95.6 Å². The van der Waals surface area contributed by atoms with Crippen LogP contribution in [0.4, 0.5) is 0 Å². The Kier molecular flexibility index (Phi) is 4.84. The fourth-order valence-corrected chi connectivity index (χ4v) is 10.8. The first-order valence-electron chi connectivity index (χ1n) is 14.0. The van der Waals surface area contributed by atoms with Crippen molar-refractivity contribution in [1.29, 1.82) is 0 Å². The maximum Gasteiger partial charge on any atom is 0.329 e. The lowest BCUT2D eigenvalue weighted by Crippen LogP contribution is -2.56. The van der Waals surface area contributed by atoms with Gasteiger partial charge >= 0.3 is 5.97 Å². The Balaban J connectivity index is 1.03. The van der Waals surface area contributed by atoms with E-state index in [4.69, 9.17) is 4.74 Å². The molecule has 0 spiro atoms. The third-order valence-corrected chi connectivity index (χ3v) is 11.3. The van der Waals surface area contributed by atoms with Crippen LogP contribution in [0, 0.1) is 46.3 Å². The number of β-amino-alcohol motifs (C(OH)–C–C–N with tert-alkyl or cyclic N) is 1. The number of Topliss-reactive ketones (excluding diaryl/α,β-unsaturated/α-hetero) is 1. The van der Waals surface area contributed by atoms with E-state index in [-0.39, 0.29) is 42.1 Å². The number of ether oxygens (including phenoxy) is 1.